The van der Waals surface area contributed by atoms with Gasteiger partial charge in [0.15, 0.2) is 0 Å². The van der Waals surface area contributed by atoms with Crippen molar-refractivity contribution in [3.05, 3.63) is 23.0 Å². The average Bonchev–Trinajstić information content (AvgIpc) is 2.67. The van der Waals surface area contributed by atoms with Gasteiger partial charge in [-0.25, -0.2) is 0 Å². The van der Waals surface area contributed by atoms with Crippen LogP contribution in [-0.4, -0.2) is 34.3 Å². The summed E-state index contributed by atoms with van der Waals surface area (Å²) in [5, 5.41) is 18.3. The third-order valence-electron chi connectivity index (χ3n) is 4.01. The number of nitrogens with zero attached hydrogens (tertiary/aromatic N) is 3. The lowest BCUT2D eigenvalue weighted by molar-refractivity contribution is 0.115. The highest BCUT2D eigenvalue weighted by molar-refractivity contribution is 5.34. The van der Waals surface area contributed by atoms with E-state index < -0.39 is 0 Å². The Kier molecular flexibility index (Phi) is 4.05. The molecule has 2 heterocycles. The number of hydrogen-bond donors (Lipinski definition) is 1. The molecule has 0 spiro atoms. The van der Waals surface area contributed by atoms with Crippen molar-refractivity contribution < 1.29 is 5.11 Å². The second-order valence-corrected chi connectivity index (χ2v) is 5.24. The lowest BCUT2D eigenvalue weighted by atomic mass is 9.98. The van der Waals surface area contributed by atoms with Gasteiger partial charge in [0, 0.05) is 32.4 Å². The lowest BCUT2D eigenvalue weighted by Crippen LogP contribution is -2.36. The molecule has 1 atom stereocenters. The van der Waals surface area contributed by atoms with Crippen molar-refractivity contribution in [2.45, 2.75) is 26.3 Å². The van der Waals surface area contributed by atoms with Crippen LogP contribution in [0.1, 0.15) is 29.8 Å². The number of piperidine rings is 1. The Balaban J connectivity index is 2.07. The topological polar surface area (TPSA) is 52.2 Å². The van der Waals surface area contributed by atoms with Gasteiger partial charge in [0.2, 0.25) is 0 Å². The van der Waals surface area contributed by atoms with Crippen LogP contribution in [0.2, 0.25) is 0 Å². The Morgan fingerprint density at radius 2 is 2.33 bits per heavy atom. The summed E-state index contributed by atoms with van der Waals surface area (Å²) in [6.07, 6.45) is 2.28. The van der Waals surface area contributed by atoms with Gasteiger partial charge in [-0.3, -0.25) is 4.90 Å². The number of hydrogen-bond acceptors (Lipinski definition) is 3. The second-order valence-electron chi connectivity index (χ2n) is 5.24. The van der Waals surface area contributed by atoms with Crippen molar-refractivity contribution in [3.8, 4) is 6.07 Å². The molecule has 0 amide bonds. The highest BCUT2D eigenvalue weighted by Gasteiger charge is 2.20. The summed E-state index contributed by atoms with van der Waals surface area (Å²) in [7, 11) is 1.93. The van der Waals surface area contributed by atoms with Crippen molar-refractivity contribution in [2.24, 2.45) is 13.0 Å². The van der Waals surface area contributed by atoms with Crippen LogP contribution in [0.4, 0.5) is 0 Å². The maximum Gasteiger partial charge on any atom is 0.120 e. The molecule has 2 rings (SSSR count). The highest BCUT2D eigenvalue weighted by atomic mass is 16.3. The maximum absolute atomic E-state index is 9.24. The molecule has 1 aromatic rings. The third kappa shape index (κ3) is 2.58. The lowest BCUT2D eigenvalue weighted by Gasteiger charge is -2.31. The molecule has 0 radical (unpaired) electrons. The molecule has 0 bridgehead atoms. The Bertz CT molecular complexity index is 458. The standard InChI is InChI=1S/C14H21N3O/c1-11-13(6-14(7-15)16(11)2)9-17-5-3-4-12(8-17)10-18/h6,12,18H,3-5,8-10H2,1-2H3. The van der Waals surface area contributed by atoms with E-state index in [4.69, 9.17) is 5.26 Å². The van der Waals surface area contributed by atoms with E-state index in [1.54, 1.807) is 0 Å². The molecule has 0 saturated carbocycles. The van der Waals surface area contributed by atoms with Crippen molar-refractivity contribution in [1.82, 2.24) is 9.47 Å². The van der Waals surface area contributed by atoms with Gasteiger partial charge in [0.25, 0.3) is 0 Å². The zero-order valence-corrected chi connectivity index (χ0v) is 11.2. The van der Waals surface area contributed by atoms with Gasteiger partial charge in [-0.05, 0) is 43.9 Å². The summed E-state index contributed by atoms with van der Waals surface area (Å²) in [6, 6.07) is 4.20. The van der Waals surface area contributed by atoms with Crippen molar-refractivity contribution in [1.29, 1.82) is 5.26 Å². The monoisotopic (exact) mass is 247 g/mol. The van der Waals surface area contributed by atoms with Gasteiger partial charge < -0.3 is 9.67 Å². The fraction of sp³-hybridized carbons (Fsp3) is 0.643. The van der Waals surface area contributed by atoms with Crippen LogP contribution in [0, 0.1) is 24.2 Å². The molecule has 98 valence electrons. The van der Waals surface area contributed by atoms with E-state index >= 15 is 0 Å². The van der Waals surface area contributed by atoms with Crippen LogP contribution in [0.25, 0.3) is 0 Å². The van der Waals surface area contributed by atoms with E-state index in [-0.39, 0.29) is 6.61 Å². The minimum absolute atomic E-state index is 0.285. The number of aromatic nitrogens is 1. The molecule has 18 heavy (non-hydrogen) atoms. The van der Waals surface area contributed by atoms with Crippen LogP contribution >= 0.6 is 0 Å². The molecule has 4 heteroatoms. The first-order valence-corrected chi connectivity index (χ1v) is 6.54. The van der Waals surface area contributed by atoms with E-state index in [1.165, 1.54) is 5.56 Å². The summed E-state index contributed by atoms with van der Waals surface area (Å²) in [5.41, 5.74) is 3.11. The first-order valence-electron chi connectivity index (χ1n) is 6.54. The Morgan fingerprint density at radius 3 is 2.94 bits per heavy atom. The first kappa shape index (κ1) is 13.1. The number of rotatable bonds is 3. The predicted octanol–water partition coefficient (Wildman–Crippen LogP) is 1.41. The number of likely N-dealkylation sites (tertiary alicyclic amines) is 1. The van der Waals surface area contributed by atoms with E-state index in [2.05, 4.69) is 17.9 Å². The van der Waals surface area contributed by atoms with Gasteiger partial charge in [-0.15, -0.1) is 0 Å². The summed E-state index contributed by atoms with van der Waals surface area (Å²) >= 11 is 0. The van der Waals surface area contributed by atoms with Crippen LogP contribution in [0.3, 0.4) is 0 Å². The molecular formula is C14H21N3O. The van der Waals surface area contributed by atoms with E-state index in [0.29, 0.717) is 5.92 Å². The molecule has 1 aliphatic heterocycles. The summed E-state index contributed by atoms with van der Waals surface area (Å²) in [5.74, 6) is 0.415. The van der Waals surface area contributed by atoms with Gasteiger partial charge in [0.1, 0.15) is 11.8 Å². The molecule has 4 nitrogen and oxygen atoms in total. The number of aliphatic hydroxyl groups is 1. The number of aliphatic hydroxyl groups excluding tert-OH is 1. The maximum atomic E-state index is 9.24. The van der Waals surface area contributed by atoms with E-state index in [1.807, 2.05) is 17.7 Å². The third-order valence-corrected chi connectivity index (χ3v) is 4.01. The predicted molar refractivity (Wildman–Crippen MR) is 70.0 cm³/mol. The Labute approximate surface area is 108 Å². The highest BCUT2D eigenvalue weighted by Crippen LogP contribution is 2.21. The molecule has 1 saturated heterocycles. The normalized spacial score (nSPS) is 20.9. The van der Waals surface area contributed by atoms with Gasteiger partial charge >= 0.3 is 0 Å². The Hall–Kier alpha value is -1.31. The molecular weight excluding hydrogens is 226 g/mol. The molecule has 1 unspecified atom stereocenters. The fourth-order valence-corrected chi connectivity index (χ4v) is 2.71. The largest absolute Gasteiger partial charge is 0.396 e. The van der Waals surface area contributed by atoms with Crippen molar-refractivity contribution in [3.63, 3.8) is 0 Å². The number of nitriles is 1. The quantitative estimate of drug-likeness (QED) is 0.878. The van der Waals surface area contributed by atoms with Crippen LogP contribution in [0.5, 0.6) is 0 Å². The van der Waals surface area contributed by atoms with Crippen molar-refractivity contribution in [2.75, 3.05) is 19.7 Å². The summed E-state index contributed by atoms with van der Waals surface area (Å²) in [4.78, 5) is 2.38. The Morgan fingerprint density at radius 1 is 1.56 bits per heavy atom. The van der Waals surface area contributed by atoms with Crippen LogP contribution in [-0.2, 0) is 13.6 Å². The van der Waals surface area contributed by atoms with Crippen LogP contribution < -0.4 is 0 Å². The first-order chi connectivity index (χ1) is 8.65. The van der Waals surface area contributed by atoms with Gasteiger partial charge in [0.05, 0.1) is 0 Å². The zero-order chi connectivity index (χ0) is 13.1. The molecule has 1 N–H and O–H groups in total. The van der Waals surface area contributed by atoms with Gasteiger partial charge in [-0.2, -0.15) is 5.26 Å². The SMILES string of the molecule is Cc1c(CN2CCCC(CO)C2)cc(C#N)n1C. The molecule has 1 aromatic heterocycles. The molecule has 0 aromatic carbocycles. The zero-order valence-electron chi connectivity index (χ0n) is 11.2. The summed E-state index contributed by atoms with van der Waals surface area (Å²) in [6.45, 7) is 5.29. The average molecular weight is 247 g/mol. The smallest absolute Gasteiger partial charge is 0.120 e. The molecule has 1 aliphatic rings. The summed E-state index contributed by atoms with van der Waals surface area (Å²) < 4.78 is 1.95. The minimum atomic E-state index is 0.285. The van der Waals surface area contributed by atoms with Crippen molar-refractivity contribution >= 4 is 0 Å². The minimum Gasteiger partial charge on any atom is -0.396 e. The van der Waals surface area contributed by atoms with Gasteiger partial charge in [-0.1, -0.05) is 0 Å². The fourth-order valence-electron chi connectivity index (χ4n) is 2.71. The van der Waals surface area contributed by atoms with Crippen LogP contribution in [0.15, 0.2) is 6.07 Å². The van der Waals surface area contributed by atoms with E-state index in [9.17, 15) is 5.11 Å². The molecule has 0 aliphatic carbocycles. The second kappa shape index (κ2) is 5.55. The van der Waals surface area contributed by atoms with E-state index in [0.717, 1.165) is 43.9 Å². The molecule has 1 fully saturated rings.